The molecule has 0 aliphatic rings. The number of rotatable bonds is 4. The van der Waals surface area contributed by atoms with Gasteiger partial charge in [0.15, 0.2) is 17.4 Å². The zero-order valence-corrected chi connectivity index (χ0v) is 12.1. The van der Waals surface area contributed by atoms with Crippen molar-refractivity contribution in [1.82, 2.24) is 4.98 Å². The standard InChI is InChI=1S/C16H11N3O5/c20-12-7-6-10(8-11(12)19(23)24)14-13(9-4-2-1-3-5-9)15(18-22)17-16(14)21/h1-8,17,20-21H. The average molecular weight is 325 g/mol. The highest BCUT2D eigenvalue weighted by Gasteiger charge is 2.23. The number of aromatic hydroxyl groups is 2. The zero-order valence-electron chi connectivity index (χ0n) is 12.1. The molecule has 0 aliphatic carbocycles. The van der Waals surface area contributed by atoms with Crippen molar-refractivity contribution in [2.45, 2.75) is 0 Å². The molecule has 0 saturated heterocycles. The maximum absolute atomic E-state index is 11.1. The molecule has 0 bridgehead atoms. The van der Waals surface area contributed by atoms with E-state index in [1.54, 1.807) is 30.3 Å². The van der Waals surface area contributed by atoms with E-state index in [2.05, 4.69) is 10.2 Å². The van der Waals surface area contributed by atoms with Gasteiger partial charge in [-0.1, -0.05) is 30.3 Å². The van der Waals surface area contributed by atoms with Gasteiger partial charge in [-0.25, -0.2) is 0 Å². The van der Waals surface area contributed by atoms with Gasteiger partial charge in [0.05, 0.1) is 10.5 Å². The van der Waals surface area contributed by atoms with Gasteiger partial charge in [-0.2, -0.15) is 0 Å². The summed E-state index contributed by atoms with van der Waals surface area (Å²) in [5, 5.41) is 33.6. The largest absolute Gasteiger partial charge is 0.502 e. The summed E-state index contributed by atoms with van der Waals surface area (Å²) in [5.74, 6) is -0.929. The predicted octanol–water partition coefficient (Wildman–Crippen LogP) is 4.07. The fourth-order valence-corrected chi connectivity index (χ4v) is 2.53. The molecule has 1 aromatic heterocycles. The molecule has 0 aliphatic heterocycles. The highest BCUT2D eigenvalue weighted by Crippen LogP contribution is 2.46. The number of nitro groups is 1. The fraction of sp³-hybridized carbons (Fsp3) is 0. The summed E-state index contributed by atoms with van der Waals surface area (Å²) in [6.07, 6.45) is 0. The summed E-state index contributed by atoms with van der Waals surface area (Å²) in [6.45, 7) is 0. The highest BCUT2D eigenvalue weighted by molar-refractivity contribution is 5.94. The van der Waals surface area contributed by atoms with Crippen LogP contribution in [0.1, 0.15) is 0 Å². The van der Waals surface area contributed by atoms with Crippen molar-refractivity contribution in [3.63, 3.8) is 0 Å². The number of phenols is 1. The van der Waals surface area contributed by atoms with Gasteiger partial charge >= 0.3 is 5.69 Å². The topological polar surface area (TPSA) is 129 Å². The highest BCUT2D eigenvalue weighted by atomic mass is 16.6. The minimum absolute atomic E-state index is 0.0931. The lowest BCUT2D eigenvalue weighted by atomic mass is 9.97. The van der Waals surface area contributed by atoms with Crippen molar-refractivity contribution in [1.29, 1.82) is 0 Å². The van der Waals surface area contributed by atoms with Gasteiger partial charge in [0.1, 0.15) is 0 Å². The van der Waals surface area contributed by atoms with E-state index in [1.165, 1.54) is 6.07 Å². The quantitative estimate of drug-likeness (QED) is 0.378. The number of H-pyrrole nitrogens is 1. The number of nitroso groups, excluding NO2 is 1. The monoisotopic (exact) mass is 325 g/mol. The first-order valence-electron chi connectivity index (χ1n) is 6.84. The normalized spacial score (nSPS) is 10.5. The molecule has 24 heavy (non-hydrogen) atoms. The van der Waals surface area contributed by atoms with Gasteiger partial charge in [-0.15, -0.1) is 4.91 Å². The molecule has 120 valence electrons. The van der Waals surface area contributed by atoms with Crippen LogP contribution >= 0.6 is 0 Å². The van der Waals surface area contributed by atoms with Crippen LogP contribution in [0.5, 0.6) is 11.6 Å². The molecule has 1 heterocycles. The lowest BCUT2D eigenvalue weighted by Gasteiger charge is -2.06. The number of hydrogen-bond donors (Lipinski definition) is 3. The van der Waals surface area contributed by atoms with Crippen molar-refractivity contribution < 1.29 is 15.1 Å². The van der Waals surface area contributed by atoms with E-state index in [1.807, 2.05) is 0 Å². The molecule has 0 spiro atoms. The first kappa shape index (κ1) is 15.2. The van der Waals surface area contributed by atoms with E-state index >= 15 is 0 Å². The van der Waals surface area contributed by atoms with Gasteiger partial charge in [0.25, 0.3) is 0 Å². The number of nitrogens with zero attached hydrogens (tertiary/aromatic N) is 2. The van der Waals surface area contributed by atoms with Gasteiger partial charge in [0.2, 0.25) is 0 Å². The lowest BCUT2D eigenvalue weighted by Crippen LogP contribution is -1.90. The number of aromatic nitrogens is 1. The summed E-state index contributed by atoms with van der Waals surface area (Å²) < 4.78 is 0. The molecular weight excluding hydrogens is 314 g/mol. The summed E-state index contributed by atoms with van der Waals surface area (Å²) in [4.78, 5) is 23.8. The summed E-state index contributed by atoms with van der Waals surface area (Å²) in [5.41, 5.74) is 0.881. The summed E-state index contributed by atoms with van der Waals surface area (Å²) in [6, 6.07) is 12.4. The van der Waals surface area contributed by atoms with Crippen LogP contribution in [0.3, 0.4) is 0 Å². The minimum Gasteiger partial charge on any atom is -0.502 e. The van der Waals surface area contributed by atoms with Crippen LogP contribution in [0.15, 0.2) is 53.7 Å². The Morgan fingerprint density at radius 2 is 1.71 bits per heavy atom. The average Bonchev–Trinajstić information content (AvgIpc) is 2.92. The number of nitro benzene ring substituents is 1. The fourth-order valence-electron chi connectivity index (χ4n) is 2.53. The maximum atomic E-state index is 11.1. The molecule has 0 amide bonds. The molecule has 2 aromatic carbocycles. The Labute approximate surface area is 135 Å². The number of benzene rings is 2. The molecule has 0 radical (unpaired) electrons. The van der Waals surface area contributed by atoms with Crippen LogP contribution in [0, 0.1) is 15.0 Å². The first-order chi connectivity index (χ1) is 11.5. The van der Waals surface area contributed by atoms with Gasteiger partial charge in [-0.3, -0.25) is 10.1 Å². The van der Waals surface area contributed by atoms with Crippen molar-refractivity contribution >= 4 is 11.5 Å². The second kappa shape index (κ2) is 5.84. The van der Waals surface area contributed by atoms with Crippen LogP contribution in [0.4, 0.5) is 11.5 Å². The third kappa shape index (κ3) is 2.45. The van der Waals surface area contributed by atoms with Gasteiger partial charge in [-0.05, 0) is 28.4 Å². The van der Waals surface area contributed by atoms with Crippen LogP contribution in [0.2, 0.25) is 0 Å². The van der Waals surface area contributed by atoms with E-state index in [4.69, 9.17) is 0 Å². The molecular formula is C16H11N3O5. The number of hydrogen-bond acceptors (Lipinski definition) is 6. The van der Waals surface area contributed by atoms with E-state index < -0.39 is 16.4 Å². The Bertz CT molecular complexity index is 934. The summed E-state index contributed by atoms with van der Waals surface area (Å²) >= 11 is 0. The van der Waals surface area contributed by atoms with E-state index in [-0.39, 0.29) is 22.8 Å². The second-order valence-corrected chi connectivity index (χ2v) is 4.99. The number of nitrogens with one attached hydrogen (secondary N) is 1. The predicted molar refractivity (Wildman–Crippen MR) is 87.1 cm³/mol. The van der Waals surface area contributed by atoms with E-state index in [9.17, 15) is 25.2 Å². The minimum atomic E-state index is -0.733. The van der Waals surface area contributed by atoms with Crippen molar-refractivity contribution in [2.75, 3.05) is 0 Å². The Hall–Kier alpha value is -3.68. The third-order valence-electron chi connectivity index (χ3n) is 3.57. The van der Waals surface area contributed by atoms with Gasteiger partial charge in [0, 0.05) is 11.6 Å². The third-order valence-corrected chi connectivity index (χ3v) is 3.57. The van der Waals surface area contributed by atoms with E-state index in [0.717, 1.165) is 12.1 Å². The molecule has 3 rings (SSSR count). The Kier molecular flexibility index (Phi) is 3.70. The molecule has 0 saturated carbocycles. The Balaban J connectivity index is 2.30. The molecule has 8 heteroatoms. The van der Waals surface area contributed by atoms with Crippen molar-refractivity contribution in [3.05, 3.63) is 63.6 Å². The Morgan fingerprint density at radius 1 is 1.00 bits per heavy atom. The number of phenolic OH excluding ortho intramolecular Hbond substituents is 1. The number of aromatic amines is 1. The summed E-state index contributed by atoms with van der Waals surface area (Å²) in [7, 11) is 0. The first-order valence-corrected chi connectivity index (χ1v) is 6.84. The molecule has 0 unspecified atom stereocenters. The smallest absolute Gasteiger partial charge is 0.311 e. The van der Waals surface area contributed by atoms with Crippen LogP contribution < -0.4 is 0 Å². The second-order valence-electron chi connectivity index (χ2n) is 4.99. The molecule has 3 N–H and O–H groups in total. The molecule has 0 fully saturated rings. The zero-order chi connectivity index (χ0) is 17.3. The lowest BCUT2D eigenvalue weighted by molar-refractivity contribution is -0.385. The van der Waals surface area contributed by atoms with Crippen LogP contribution in [-0.2, 0) is 0 Å². The van der Waals surface area contributed by atoms with Gasteiger partial charge < -0.3 is 15.2 Å². The van der Waals surface area contributed by atoms with Crippen LogP contribution in [-0.4, -0.2) is 20.1 Å². The van der Waals surface area contributed by atoms with Crippen LogP contribution in [0.25, 0.3) is 22.3 Å². The molecule has 3 aromatic rings. The van der Waals surface area contributed by atoms with Crippen molar-refractivity contribution in [2.24, 2.45) is 5.18 Å². The van der Waals surface area contributed by atoms with E-state index in [0.29, 0.717) is 11.1 Å². The maximum Gasteiger partial charge on any atom is 0.311 e. The molecule has 0 atom stereocenters. The Morgan fingerprint density at radius 3 is 2.33 bits per heavy atom. The van der Waals surface area contributed by atoms with Crippen molar-refractivity contribution in [3.8, 4) is 33.9 Å². The molecule has 8 nitrogen and oxygen atoms in total. The SMILES string of the molecule is O=Nc1[nH]c(O)c(-c2ccc(O)c([N+](=O)[O-])c2)c1-c1ccccc1.